The summed E-state index contributed by atoms with van der Waals surface area (Å²) in [7, 11) is 0. The van der Waals surface area contributed by atoms with Gasteiger partial charge in [-0.1, -0.05) is 12.7 Å². The van der Waals surface area contributed by atoms with Crippen molar-refractivity contribution in [2.45, 2.75) is 18.7 Å². The zero-order valence-electron chi connectivity index (χ0n) is 8.36. The molecule has 4 nitrogen and oxygen atoms in total. The summed E-state index contributed by atoms with van der Waals surface area (Å²) < 4.78 is 4.92. The number of allylic oxidation sites excluding steroid dienone is 1. The maximum atomic E-state index is 11.6. The molecule has 0 radical (unpaired) electrons. The third-order valence-corrected chi connectivity index (χ3v) is 3.52. The quantitative estimate of drug-likeness (QED) is 0.412. The van der Waals surface area contributed by atoms with Crippen LogP contribution < -0.4 is 0 Å². The van der Waals surface area contributed by atoms with Crippen LogP contribution in [0.5, 0.6) is 0 Å². The van der Waals surface area contributed by atoms with E-state index in [0.717, 1.165) is 4.91 Å². The van der Waals surface area contributed by atoms with Crippen LogP contribution in [-0.4, -0.2) is 28.8 Å². The Morgan fingerprint density at radius 2 is 2.53 bits per heavy atom. The highest BCUT2D eigenvalue weighted by Crippen LogP contribution is 2.45. The van der Waals surface area contributed by atoms with Gasteiger partial charge >= 0.3 is 5.97 Å². The number of amides is 1. The molecule has 0 spiro atoms. The molecular formula is C10H11NO3S. The number of hydrogen-bond acceptors (Lipinski definition) is 4. The van der Waals surface area contributed by atoms with Gasteiger partial charge in [0, 0.05) is 4.91 Å². The first kappa shape index (κ1) is 10.3. The first-order valence-electron chi connectivity index (χ1n) is 4.62. The SMILES string of the molecule is C=CCOC(=O)C1=C(C)S[C@H]2CC(=O)N12. The van der Waals surface area contributed by atoms with E-state index in [1.807, 2.05) is 6.92 Å². The summed E-state index contributed by atoms with van der Waals surface area (Å²) in [4.78, 5) is 25.3. The predicted molar refractivity (Wildman–Crippen MR) is 56.7 cm³/mol. The Morgan fingerprint density at radius 3 is 3.13 bits per heavy atom. The fourth-order valence-corrected chi connectivity index (χ4v) is 2.88. The number of thioether (sulfide) groups is 1. The molecule has 2 aliphatic heterocycles. The van der Waals surface area contributed by atoms with Gasteiger partial charge in [-0.2, -0.15) is 0 Å². The largest absolute Gasteiger partial charge is 0.457 e. The van der Waals surface area contributed by atoms with Gasteiger partial charge in [0.2, 0.25) is 5.91 Å². The molecule has 0 bridgehead atoms. The molecule has 0 aromatic rings. The maximum Gasteiger partial charge on any atom is 0.356 e. The molecule has 2 heterocycles. The second kappa shape index (κ2) is 3.73. The molecule has 2 aliphatic rings. The monoisotopic (exact) mass is 225 g/mol. The van der Waals surface area contributed by atoms with Crippen LogP contribution in [0.15, 0.2) is 23.3 Å². The third-order valence-electron chi connectivity index (χ3n) is 2.32. The first-order valence-corrected chi connectivity index (χ1v) is 5.50. The minimum absolute atomic E-state index is 0.00472. The van der Waals surface area contributed by atoms with Crippen molar-refractivity contribution in [1.29, 1.82) is 0 Å². The second-order valence-electron chi connectivity index (χ2n) is 3.33. The van der Waals surface area contributed by atoms with Crippen molar-refractivity contribution in [2.24, 2.45) is 0 Å². The number of rotatable bonds is 3. The van der Waals surface area contributed by atoms with Crippen molar-refractivity contribution in [3.63, 3.8) is 0 Å². The van der Waals surface area contributed by atoms with E-state index in [1.165, 1.54) is 11.0 Å². The Bertz CT molecular complexity index is 375. The van der Waals surface area contributed by atoms with Crippen LogP contribution in [-0.2, 0) is 14.3 Å². The van der Waals surface area contributed by atoms with Gasteiger partial charge < -0.3 is 4.74 Å². The smallest absolute Gasteiger partial charge is 0.356 e. The summed E-state index contributed by atoms with van der Waals surface area (Å²) in [6.45, 7) is 5.47. The molecule has 1 fully saturated rings. The first-order chi connectivity index (χ1) is 7.15. The highest BCUT2D eigenvalue weighted by molar-refractivity contribution is 8.04. The number of nitrogens with zero attached hydrogens (tertiary/aromatic N) is 1. The molecule has 1 saturated heterocycles. The number of fused-ring (bicyclic) bond motifs is 1. The standard InChI is InChI=1S/C10H11NO3S/c1-3-4-14-10(13)9-6(2)15-8-5-7(12)11(8)9/h3,8H,1,4-5H2,2H3/t8-/m0/s1. The molecule has 0 unspecified atom stereocenters. The Labute approximate surface area is 92.0 Å². The van der Waals surface area contributed by atoms with Gasteiger partial charge in [0.25, 0.3) is 0 Å². The Kier molecular flexibility index (Phi) is 2.56. The van der Waals surface area contributed by atoms with E-state index >= 15 is 0 Å². The second-order valence-corrected chi connectivity index (χ2v) is 4.72. The molecule has 1 amide bonds. The molecule has 0 aliphatic carbocycles. The van der Waals surface area contributed by atoms with Crippen molar-refractivity contribution in [2.75, 3.05) is 6.61 Å². The number of carbonyl (C=O) groups is 2. The maximum absolute atomic E-state index is 11.6. The van der Waals surface area contributed by atoms with Crippen LogP contribution in [0.4, 0.5) is 0 Å². The van der Waals surface area contributed by atoms with E-state index in [2.05, 4.69) is 6.58 Å². The summed E-state index contributed by atoms with van der Waals surface area (Å²) in [6, 6.07) is 0. The number of hydrogen-bond donors (Lipinski definition) is 0. The van der Waals surface area contributed by atoms with Gasteiger partial charge in [-0.05, 0) is 6.92 Å². The lowest BCUT2D eigenvalue weighted by Crippen LogP contribution is -2.48. The van der Waals surface area contributed by atoms with Crippen LogP contribution in [0.3, 0.4) is 0 Å². The zero-order chi connectivity index (χ0) is 11.0. The normalized spacial score (nSPS) is 23.7. The van der Waals surface area contributed by atoms with Crippen molar-refractivity contribution in [3.05, 3.63) is 23.3 Å². The lowest BCUT2D eigenvalue weighted by atomic mass is 10.1. The average Bonchev–Trinajstić information content (AvgIpc) is 2.46. The number of ether oxygens (including phenoxy) is 1. The third kappa shape index (κ3) is 1.56. The minimum atomic E-state index is -0.435. The van der Waals surface area contributed by atoms with E-state index in [0.29, 0.717) is 12.1 Å². The van der Waals surface area contributed by atoms with Gasteiger partial charge in [0.1, 0.15) is 12.3 Å². The van der Waals surface area contributed by atoms with E-state index in [9.17, 15) is 9.59 Å². The van der Waals surface area contributed by atoms with Gasteiger partial charge in [0.05, 0.1) is 11.8 Å². The van der Waals surface area contributed by atoms with Crippen molar-refractivity contribution in [3.8, 4) is 0 Å². The molecule has 2 rings (SSSR count). The Hall–Kier alpha value is -1.23. The van der Waals surface area contributed by atoms with Gasteiger partial charge in [-0.3, -0.25) is 9.69 Å². The highest BCUT2D eigenvalue weighted by Gasteiger charge is 2.47. The summed E-state index contributed by atoms with van der Waals surface area (Å²) in [5, 5.41) is 0.115. The van der Waals surface area contributed by atoms with Crippen LogP contribution in [0.2, 0.25) is 0 Å². The van der Waals surface area contributed by atoms with E-state index in [1.54, 1.807) is 11.8 Å². The molecule has 5 heteroatoms. The molecule has 15 heavy (non-hydrogen) atoms. The molecule has 0 aromatic carbocycles. The fourth-order valence-electron chi connectivity index (χ4n) is 1.62. The summed E-state index contributed by atoms with van der Waals surface area (Å²) in [5.74, 6) is -0.439. The summed E-state index contributed by atoms with van der Waals surface area (Å²) in [5.41, 5.74) is 0.406. The lowest BCUT2D eigenvalue weighted by Gasteiger charge is -2.34. The van der Waals surface area contributed by atoms with Crippen LogP contribution in [0.1, 0.15) is 13.3 Å². The average molecular weight is 225 g/mol. The molecule has 1 atom stereocenters. The van der Waals surface area contributed by atoms with Crippen molar-refractivity contribution in [1.82, 2.24) is 4.90 Å². The zero-order valence-corrected chi connectivity index (χ0v) is 9.17. The van der Waals surface area contributed by atoms with Gasteiger partial charge in [0.15, 0.2) is 0 Å². The minimum Gasteiger partial charge on any atom is -0.457 e. The molecule has 0 aromatic heterocycles. The Morgan fingerprint density at radius 1 is 1.80 bits per heavy atom. The summed E-state index contributed by atoms with van der Waals surface area (Å²) in [6.07, 6.45) is 2.02. The molecular weight excluding hydrogens is 214 g/mol. The topological polar surface area (TPSA) is 46.6 Å². The van der Waals surface area contributed by atoms with E-state index < -0.39 is 5.97 Å². The number of β-lactam (4-membered cyclic amide) rings is 1. The van der Waals surface area contributed by atoms with Gasteiger partial charge in [-0.15, -0.1) is 11.8 Å². The van der Waals surface area contributed by atoms with Crippen LogP contribution >= 0.6 is 11.8 Å². The fraction of sp³-hybridized carbons (Fsp3) is 0.400. The Balaban J connectivity index is 2.13. The molecule has 0 N–H and O–H groups in total. The lowest BCUT2D eigenvalue weighted by molar-refractivity contribution is -0.148. The number of esters is 1. The number of carbonyl (C=O) groups excluding carboxylic acids is 2. The van der Waals surface area contributed by atoms with Crippen molar-refractivity contribution < 1.29 is 14.3 Å². The molecule has 0 saturated carbocycles. The molecule has 80 valence electrons. The van der Waals surface area contributed by atoms with Gasteiger partial charge in [-0.25, -0.2) is 4.79 Å². The van der Waals surface area contributed by atoms with E-state index in [4.69, 9.17) is 4.74 Å². The highest BCUT2D eigenvalue weighted by atomic mass is 32.2. The van der Waals surface area contributed by atoms with E-state index in [-0.39, 0.29) is 17.9 Å². The predicted octanol–water partition coefficient (Wildman–Crippen LogP) is 1.25. The van der Waals surface area contributed by atoms with Crippen LogP contribution in [0.25, 0.3) is 0 Å². The summed E-state index contributed by atoms with van der Waals surface area (Å²) >= 11 is 1.55. The van der Waals surface area contributed by atoms with Crippen LogP contribution in [0, 0.1) is 0 Å². The van der Waals surface area contributed by atoms with Crippen molar-refractivity contribution >= 4 is 23.6 Å².